The number of fused-ring (bicyclic) bond motifs is 1. The second kappa shape index (κ2) is 12.7. The maximum atomic E-state index is 13.6. The normalized spacial score (nSPS) is 21.4. The van der Waals surface area contributed by atoms with Crippen LogP contribution in [0, 0.1) is 17.5 Å². The summed E-state index contributed by atoms with van der Waals surface area (Å²) in [5.41, 5.74) is 6.29. The van der Waals surface area contributed by atoms with Crippen LogP contribution < -0.4 is 11.6 Å². The van der Waals surface area contributed by atoms with Crippen LogP contribution in [0.4, 0.5) is 13.2 Å². The highest BCUT2D eigenvalue weighted by molar-refractivity contribution is 6.06. The molecule has 6 N–H and O–H groups in total. The molecule has 1 fully saturated rings. The fourth-order valence-corrected chi connectivity index (χ4v) is 5.00. The van der Waals surface area contributed by atoms with Crippen molar-refractivity contribution in [3.05, 3.63) is 89.4 Å². The van der Waals surface area contributed by atoms with Gasteiger partial charge in [-0.05, 0) is 48.2 Å². The van der Waals surface area contributed by atoms with E-state index in [9.17, 15) is 28.2 Å². The number of hydrogen-bond donors (Lipinski definition) is 4. The first-order chi connectivity index (χ1) is 19.1. The number of halogens is 3. The van der Waals surface area contributed by atoms with Crippen LogP contribution in [0.1, 0.15) is 35.2 Å². The number of amides is 1. The minimum absolute atomic E-state index is 0.106. The molecule has 1 aliphatic rings. The zero-order valence-electron chi connectivity index (χ0n) is 22.0. The maximum Gasteiger partial charge on any atom is 0.254 e. The highest BCUT2D eigenvalue weighted by Crippen LogP contribution is 2.27. The van der Waals surface area contributed by atoms with E-state index in [0.717, 1.165) is 27.9 Å². The van der Waals surface area contributed by atoms with Gasteiger partial charge in [0.25, 0.3) is 5.91 Å². The molecule has 4 rings (SSSR count). The third kappa shape index (κ3) is 6.39. The summed E-state index contributed by atoms with van der Waals surface area (Å²) in [7, 11) is 1.73. The van der Waals surface area contributed by atoms with Crippen molar-refractivity contribution in [2.45, 2.75) is 43.6 Å². The van der Waals surface area contributed by atoms with Gasteiger partial charge in [-0.3, -0.25) is 4.79 Å². The second-order valence-corrected chi connectivity index (χ2v) is 9.95. The Labute approximate surface area is 230 Å². The highest BCUT2D eigenvalue weighted by Gasteiger charge is 2.39. The Morgan fingerprint density at radius 1 is 1.12 bits per heavy atom. The minimum Gasteiger partial charge on any atom is -0.397 e. The fourth-order valence-electron chi connectivity index (χ4n) is 5.00. The van der Waals surface area contributed by atoms with Crippen molar-refractivity contribution in [2.24, 2.45) is 11.6 Å². The van der Waals surface area contributed by atoms with Gasteiger partial charge in [0.2, 0.25) is 0 Å². The number of aliphatic hydroxyl groups is 2. The van der Waals surface area contributed by atoms with E-state index in [4.69, 9.17) is 16.3 Å². The zero-order chi connectivity index (χ0) is 29.0. The summed E-state index contributed by atoms with van der Waals surface area (Å²) in [4.78, 5) is 14.8. The number of nitrogens with two attached hydrogens (primary N) is 2. The largest absolute Gasteiger partial charge is 0.397 e. The first-order valence-corrected chi connectivity index (χ1v) is 12.9. The van der Waals surface area contributed by atoms with Crippen LogP contribution in [-0.4, -0.2) is 70.6 Å². The van der Waals surface area contributed by atoms with E-state index in [1.54, 1.807) is 18.0 Å². The molecular formula is C29H33F3N4O4. The Morgan fingerprint density at radius 2 is 1.80 bits per heavy atom. The first-order valence-electron chi connectivity index (χ1n) is 12.9. The molecule has 8 nitrogen and oxygen atoms in total. The first kappa shape index (κ1) is 29.3. The zero-order valence-corrected chi connectivity index (χ0v) is 22.0. The maximum absolute atomic E-state index is 13.6. The molecule has 0 aromatic heterocycles. The number of benzene rings is 3. The molecule has 11 heteroatoms. The molecule has 4 unspecified atom stereocenters. The molecule has 0 radical (unpaired) electrons. The van der Waals surface area contributed by atoms with Crippen molar-refractivity contribution >= 4 is 22.4 Å². The molecule has 1 heterocycles. The van der Waals surface area contributed by atoms with Gasteiger partial charge in [0.1, 0.15) is 12.2 Å². The van der Waals surface area contributed by atoms with Gasteiger partial charge in [-0.25, -0.2) is 19.0 Å². The molecule has 1 aliphatic heterocycles. The number of carbonyl (C=O) groups excluding carboxylic acids is 1. The third-order valence-electron chi connectivity index (χ3n) is 7.20. The Morgan fingerprint density at radius 3 is 2.50 bits per heavy atom. The molecule has 3 aromatic carbocycles. The molecule has 0 saturated carbocycles. The van der Waals surface area contributed by atoms with Gasteiger partial charge in [0.15, 0.2) is 17.5 Å². The summed E-state index contributed by atoms with van der Waals surface area (Å²) < 4.78 is 46.5. The lowest BCUT2D eigenvalue weighted by Gasteiger charge is -2.42. The van der Waals surface area contributed by atoms with Crippen LogP contribution in [0.5, 0.6) is 0 Å². The van der Waals surface area contributed by atoms with E-state index in [0.29, 0.717) is 24.9 Å². The topological polar surface area (TPSA) is 125 Å². The van der Waals surface area contributed by atoms with Gasteiger partial charge in [0.05, 0.1) is 24.4 Å². The van der Waals surface area contributed by atoms with E-state index in [-0.39, 0.29) is 23.6 Å². The molecule has 1 amide bonds. The van der Waals surface area contributed by atoms with Gasteiger partial charge in [-0.15, -0.1) is 0 Å². The molecule has 0 aliphatic carbocycles. The number of ether oxygens (including phenoxy) is 1. The fraction of sp³-hybridized carbons (Fsp3) is 0.345. The van der Waals surface area contributed by atoms with Crippen LogP contribution in [0.15, 0.2) is 60.8 Å². The summed E-state index contributed by atoms with van der Waals surface area (Å²) in [6.45, 7) is -0.0190. The lowest BCUT2D eigenvalue weighted by molar-refractivity contribution is -0.163. The number of rotatable bonds is 9. The molecule has 3 aromatic rings. The van der Waals surface area contributed by atoms with E-state index < -0.39 is 48.4 Å². The molecule has 1 saturated heterocycles. The highest BCUT2D eigenvalue weighted by atomic mass is 19.2. The lowest BCUT2D eigenvalue weighted by atomic mass is 9.93. The Hall–Kier alpha value is -3.64. The summed E-state index contributed by atoms with van der Waals surface area (Å²) in [5, 5.41) is 23.5. The Kier molecular flexibility index (Phi) is 9.31. The van der Waals surface area contributed by atoms with Gasteiger partial charge in [0, 0.05) is 30.9 Å². The van der Waals surface area contributed by atoms with Crippen molar-refractivity contribution in [1.82, 2.24) is 9.91 Å². The quantitative estimate of drug-likeness (QED) is 0.181. The summed E-state index contributed by atoms with van der Waals surface area (Å²) in [5.74, 6) is 1.64. The number of hydrazine groups is 1. The summed E-state index contributed by atoms with van der Waals surface area (Å²) >= 11 is 0. The van der Waals surface area contributed by atoms with Gasteiger partial charge in [-0.2, -0.15) is 0 Å². The monoisotopic (exact) mass is 558 g/mol. The molecule has 0 bridgehead atoms. The summed E-state index contributed by atoms with van der Waals surface area (Å²) in [6.07, 6.45) is 0.00283. The summed E-state index contributed by atoms with van der Waals surface area (Å²) in [6, 6.07) is 14.0. The van der Waals surface area contributed by atoms with E-state index in [2.05, 4.69) is 0 Å². The lowest BCUT2D eigenvalue weighted by Crippen LogP contribution is -2.57. The van der Waals surface area contributed by atoms with E-state index in [1.165, 1.54) is 6.20 Å². The Bertz CT molecular complexity index is 1360. The molecule has 40 heavy (non-hydrogen) atoms. The van der Waals surface area contributed by atoms with Crippen molar-refractivity contribution in [3.8, 4) is 0 Å². The van der Waals surface area contributed by atoms with E-state index in [1.807, 2.05) is 36.4 Å². The standard InChI is InChI=1S/C29H33F3N4O4/c1-35(29(39)21-10-4-7-17-6-2-3-9-20(17)21)11-5-8-19-14-25(28(38)26(16-37)40-19)36(34)15-24(33)18-12-22(30)27(32)23(31)13-18/h2-4,6-7,9-10,12-13,15,19,25-26,28,37-38H,5,8,11,14,16,33-34H2,1H3/b24-15-. The number of carbonyl (C=O) groups is 1. The van der Waals surface area contributed by atoms with E-state index >= 15 is 0 Å². The predicted molar refractivity (Wildman–Crippen MR) is 145 cm³/mol. The van der Waals surface area contributed by atoms with Crippen molar-refractivity contribution in [2.75, 3.05) is 20.2 Å². The van der Waals surface area contributed by atoms with Crippen molar-refractivity contribution in [1.29, 1.82) is 0 Å². The average molecular weight is 559 g/mol. The predicted octanol–water partition coefficient (Wildman–Crippen LogP) is 3.12. The second-order valence-electron chi connectivity index (χ2n) is 9.95. The van der Waals surface area contributed by atoms with Crippen LogP contribution in [-0.2, 0) is 4.74 Å². The third-order valence-corrected chi connectivity index (χ3v) is 7.20. The number of nitrogens with zero attached hydrogens (tertiary/aromatic N) is 2. The minimum atomic E-state index is -1.61. The number of hydrogen-bond acceptors (Lipinski definition) is 7. The molecule has 4 atom stereocenters. The van der Waals surface area contributed by atoms with Crippen LogP contribution in [0.25, 0.3) is 16.5 Å². The van der Waals surface area contributed by atoms with Gasteiger partial charge in [-0.1, -0.05) is 36.4 Å². The van der Waals surface area contributed by atoms with Crippen LogP contribution in [0.2, 0.25) is 0 Å². The smallest absolute Gasteiger partial charge is 0.254 e. The molecule has 214 valence electrons. The molecular weight excluding hydrogens is 525 g/mol. The Balaban J connectivity index is 1.39. The molecule has 0 spiro atoms. The van der Waals surface area contributed by atoms with Gasteiger partial charge < -0.3 is 30.6 Å². The van der Waals surface area contributed by atoms with Gasteiger partial charge >= 0.3 is 0 Å². The SMILES string of the molecule is CN(CCCC1CC(N(N)/C=C(\N)c2cc(F)c(F)c(F)c2)C(O)C(CO)O1)C(=O)c1cccc2ccccc12. The van der Waals surface area contributed by atoms with Crippen LogP contribution >= 0.6 is 0 Å². The van der Waals surface area contributed by atoms with Crippen LogP contribution in [0.3, 0.4) is 0 Å². The average Bonchev–Trinajstić information content (AvgIpc) is 2.95. The van der Waals surface area contributed by atoms with Crippen molar-refractivity contribution < 1.29 is 32.9 Å². The van der Waals surface area contributed by atoms with Crippen molar-refractivity contribution in [3.63, 3.8) is 0 Å². The number of aliphatic hydroxyl groups excluding tert-OH is 2.